The monoisotopic (exact) mass is 278 g/mol. The lowest BCUT2D eigenvalue weighted by atomic mass is 10.2. The Morgan fingerprint density at radius 2 is 1.89 bits per heavy atom. The lowest BCUT2D eigenvalue weighted by Crippen LogP contribution is -1.99. The molecule has 0 aliphatic rings. The van der Waals surface area contributed by atoms with Crippen molar-refractivity contribution in [2.24, 2.45) is 0 Å². The average Bonchev–Trinajstić information content (AvgIpc) is 2.38. The fourth-order valence-electron chi connectivity index (χ4n) is 1.55. The number of hydrogen-bond donors (Lipinski definition) is 1. The Kier molecular flexibility index (Phi) is 3.92. The highest BCUT2D eigenvalue weighted by Gasteiger charge is 2.12. The van der Waals surface area contributed by atoms with E-state index in [9.17, 15) is 4.79 Å². The molecule has 0 saturated carbocycles. The third kappa shape index (κ3) is 3.17. The van der Waals surface area contributed by atoms with Crippen LogP contribution in [0.1, 0.15) is 10.4 Å². The smallest absolute Gasteiger partial charge is 0.339 e. The zero-order valence-corrected chi connectivity index (χ0v) is 10.8. The summed E-state index contributed by atoms with van der Waals surface area (Å²) in [6.45, 7) is 0. The lowest BCUT2D eigenvalue weighted by molar-refractivity contribution is 0.0694. The van der Waals surface area contributed by atoms with Gasteiger partial charge in [0.1, 0.15) is 22.8 Å². The van der Waals surface area contributed by atoms with Gasteiger partial charge in [0, 0.05) is 17.2 Å². The first-order chi connectivity index (χ1) is 9.10. The minimum atomic E-state index is -1.07. The summed E-state index contributed by atoms with van der Waals surface area (Å²) in [6, 6.07) is 11.2. The maximum Gasteiger partial charge on any atom is 0.339 e. The van der Waals surface area contributed by atoms with Crippen LogP contribution in [0.5, 0.6) is 17.2 Å². The molecule has 0 spiro atoms. The fraction of sp³-hybridized carbons (Fsp3) is 0.0714. The van der Waals surface area contributed by atoms with Crippen molar-refractivity contribution in [3.63, 3.8) is 0 Å². The van der Waals surface area contributed by atoms with Gasteiger partial charge < -0.3 is 14.6 Å². The van der Waals surface area contributed by atoms with Crippen LogP contribution >= 0.6 is 11.6 Å². The molecule has 2 rings (SSSR count). The van der Waals surface area contributed by atoms with Crippen LogP contribution < -0.4 is 9.47 Å². The number of carbonyl (C=O) groups is 1. The molecule has 0 aliphatic carbocycles. The molecule has 0 unspecified atom stereocenters. The summed E-state index contributed by atoms with van der Waals surface area (Å²) in [5.74, 6) is 0.211. The van der Waals surface area contributed by atoms with E-state index in [4.69, 9.17) is 26.2 Å². The first kappa shape index (κ1) is 13.2. The van der Waals surface area contributed by atoms with Gasteiger partial charge in [-0.2, -0.15) is 0 Å². The van der Waals surface area contributed by atoms with Gasteiger partial charge in [0.15, 0.2) is 0 Å². The SMILES string of the molecule is COc1cccc(Oc2cc(Cl)ccc2C(=O)O)c1. The number of hydrogen-bond acceptors (Lipinski definition) is 3. The number of halogens is 1. The van der Waals surface area contributed by atoms with E-state index in [0.717, 1.165) is 0 Å². The molecule has 19 heavy (non-hydrogen) atoms. The van der Waals surface area contributed by atoms with Crippen molar-refractivity contribution in [3.8, 4) is 17.2 Å². The number of carboxylic acids is 1. The molecule has 2 aromatic carbocycles. The van der Waals surface area contributed by atoms with Gasteiger partial charge in [0.2, 0.25) is 0 Å². The third-order valence-corrected chi connectivity index (χ3v) is 2.68. The molecule has 0 saturated heterocycles. The molecule has 0 aromatic heterocycles. The van der Waals surface area contributed by atoms with Crippen LogP contribution in [0.15, 0.2) is 42.5 Å². The van der Waals surface area contributed by atoms with Gasteiger partial charge in [-0.3, -0.25) is 0 Å². The molecule has 0 radical (unpaired) electrons. The van der Waals surface area contributed by atoms with E-state index in [2.05, 4.69) is 0 Å². The van der Waals surface area contributed by atoms with Crippen LogP contribution in [0.4, 0.5) is 0 Å². The fourth-order valence-corrected chi connectivity index (χ4v) is 1.71. The number of ether oxygens (including phenoxy) is 2. The van der Waals surface area contributed by atoms with Gasteiger partial charge in [0.05, 0.1) is 7.11 Å². The van der Waals surface area contributed by atoms with Crippen LogP contribution in [0.25, 0.3) is 0 Å². The molecule has 98 valence electrons. The first-order valence-electron chi connectivity index (χ1n) is 5.45. The van der Waals surface area contributed by atoms with Crippen molar-refractivity contribution in [2.45, 2.75) is 0 Å². The summed E-state index contributed by atoms with van der Waals surface area (Å²) in [4.78, 5) is 11.1. The van der Waals surface area contributed by atoms with Crippen molar-refractivity contribution >= 4 is 17.6 Å². The van der Waals surface area contributed by atoms with Crippen LogP contribution in [0.3, 0.4) is 0 Å². The molecule has 0 bridgehead atoms. The van der Waals surface area contributed by atoms with Crippen molar-refractivity contribution < 1.29 is 19.4 Å². The van der Waals surface area contributed by atoms with E-state index in [-0.39, 0.29) is 11.3 Å². The average molecular weight is 279 g/mol. The van der Waals surface area contributed by atoms with E-state index in [1.165, 1.54) is 18.2 Å². The quantitative estimate of drug-likeness (QED) is 0.923. The minimum Gasteiger partial charge on any atom is -0.497 e. The highest BCUT2D eigenvalue weighted by atomic mass is 35.5. The molecule has 1 N–H and O–H groups in total. The third-order valence-electron chi connectivity index (χ3n) is 2.44. The Bertz CT molecular complexity index is 610. The second-order valence-corrected chi connectivity index (χ2v) is 4.16. The van der Waals surface area contributed by atoms with Gasteiger partial charge in [0.25, 0.3) is 0 Å². The molecule has 4 nitrogen and oxygen atoms in total. The van der Waals surface area contributed by atoms with Gasteiger partial charge in [-0.15, -0.1) is 0 Å². The molecule has 0 heterocycles. The van der Waals surface area contributed by atoms with Crippen molar-refractivity contribution in [1.29, 1.82) is 0 Å². The summed E-state index contributed by atoms with van der Waals surface area (Å²) in [6.07, 6.45) is 0. The van der Waals surface area contributed by atoms with Crippen LogP contribution in [0.2, 0.25) is 5.02 Å². The van der Waals surface area contributed by atoms with Gasteiger partial charge >= 0.3 is 5.97 Å². The second kappa shape index (κ2) is 5.63. The van der Waals surface area contributed by atoms with Crippen molar-refractivity contribution in [1.82, 2.24) is 0 Å². The molecule has 5 heteroatoms. The normalized spacial score (nSPS) is 10.0. The Morgan fingerprint density at radius 3 is 2.58 bits per heavy atom. The molecule has 0 aliphatic heterocycles. The molecule has 0 atom stereocenters. The van der Waals surface area contributed by atoms with E-state index in [0.29, 0.717) is 16.5 Å². The van der Waals surface area contributed by atoms with E-state index in [1.54, 1.807) is 31.4 Å². The summed E-state index contributed by atoms with van der Waals surface area (Å²) in [7, 11) is 1.54. The lowest BCUT2D eigenvalue weighted by Gasteiger charge is -2.10. The zero-order valence-electron chi connectivity index (χ0n) is 10.1. The Balaban J connectivity index is 2.36. The van der Waals surface area contributed by atoms with Gasteiger partial charge in [-0.25, -0.2) is 4.79 Å². The molecule has 0 fully saturated rings. The number of carboxylic acid groups (broad SMARTS) is 1. The zero-order chi connectivity index (χ0) is 13.8. The standard InChI is InChI=1S/C14H11ClO4/c1-18-10-3-2-4-11(8-10)19-13-7-9(15)5-6-12(13)14(16)17/h2-8H,1H3,(H,16,17). The molecule has 2 aromatic rings. The summed E-state index contributed by atoms with van der Waals surface area (Å²) < 4.78 is 10.6. The Hall–Kier alpha value is -2.20. The largest absolute Gasteiger partial charge is 0.497 e. The maximum atomic E-state index is 11.1. The highest BCUT2D eigenvalue weighted by Crippen LogP contribution is 2.30. The van der Waals surface area contributed by atoms with Gasteiger partial charge in [-0.1, -0.05) is 17.7 Å². The van der Waals surface area contributed by atoms with Crippen LogP contribution in [0, 0.1) is 0 Å². The molecular weight excluding hydrogens is 268 g/mol. The number of methoxy groups -OCH3 is 1. The first-order valence-corrected chi connectivity index (χ1v) is 5.82. The summed E-state index contributed by atoms with van der Waals surface area (Å²) >= 11 is 5.85. The number of rotatable bonds is 4. The number of aromatic carboxylic acids is 1. The minimum absolute atomic E-state index is 0.0484. The Morgan fingerprint density at radius 1 is 1.16 bits per heavy atom. The van der Waals surface area contributed by atoms with Crippen LogP contribution in [-0.2, 0) is 0 Å². The van der Waals surface area contributed by atoms with E-state index >= 15 is 0 Å². The topological polar surface area (TPSA) is 55.8 Å². The second-order valence-electron chi connectivity index (χ2n) is 3.73. The van der Waals surface area contributed by atoms with Crippen molar-refractivity contribution in [2.75, 3.05) is 7.11 Å². The maximum absolute atomic E-state index is 11.1. The van der Waals surface area contributed by atoms with Crippen molar-refractivity contribution in [3.05, 3.63) is 53.1 Å². The highest BCUT2D eigenvalue weighted by molar-refractivity contribution is 6.30. The van der Waals surface area contributed by atoms with E-state index < -0.39 is 5.97 Å². The number of benzene rings is 2. The summed E-state index contributed by atoms with van der Waals surface area (Å²) in [5.41, 5.74) is 0.0484. The van der Waals surface area contributed by atoms with Crippen LogP contribution in [-0.4, -0.2) is 18.2 Å². The predicted octanol–water partition coefficient (Wildman–Crippen LogP) is 3.84. The summed E-state index contributed by atoms with van der Waals surface area (Å²) in [5, 5.41) is 9.49. The predicted molar refractivity (Wildman–Crippen MR) is 71.5 cm³/mol. The van der Waals surface area contributed by atoms with Gasteiger partial charge in [-0.05, 0) is 24.3 Å². The Labute approximate surface area is 115 Å². The molecular formula is C14H11ClO4. The molecule has 0 amide bonds. The van der Waals surface area contributed by atoms with E-state index in [1.807, 2.05) is 0 Å².